The van der Waals surface area contributed by atoms with Crippen molar-refractivity contribution in [3.05, 3.63) is 0 Å². The number of carbonyl (C=O) groups excluding carboxylic acids is 1. The number of thioether (sulfide) groups is 1. The number of carbonyl (C=O) groups is 2. The van der Waals surface area contributed by atoms with Gasteiger partial charge in [0.15, 0.2) is 0 Å². The molecule has 0 saturated carbocycles. The molecule has 0 aromatic rings. The fraction of sp³-hybridized carbons (Fsp3) is 0.800. The van der Waals surface area contributed by atoms with Crippen molar-refractivity contribution in [1.29, 1.82) is 0 Å². The Bertz CT molecular complexity index is 534. The summed E-state index contributed by atoms with van der Waals surface area (Å²) in [5, 5.41) is 8.67. The Labute approximate surface area is 115 Å². The molecule has 1 N–H and O–H groups in total. The molecule has 2 bridgehead atoms. The molecule has 0 aromatic heterocycles. The maximum atomic E-state index is 11.7. The summed E-state index contributed by atoms with van der Waals surface area (Å²) < 4.78 is 25.5. The number of aliphatic carboxylic acids is 1. The van der Waals surface area contributed by atoms with E-state index in [1.54, 1.807) is 11.8 Å². The number of unbranched alkanes of at least 4 members (excludes halogenated alkanes) is 1. The second-order valence-electron chi connectivity index (χ2n) is 4.95. The average Bonchev–Trinajstić information content (AvgIpc) is 2.88. The van der Waals surface area contributed by atoms with Crippen molar-refractivity contribution in [2.45, 2.75) is 43.0 Å². The molecule has 4 saturated heterocycles. The third kappa shape index (κ3) is 1.74. The fourth-order valence-corrected chi connectivity index (χ4v) is 6.59. The van der Waals surface area contributed by atoms with Crippen LogP contribution in [0.2, 0.25) is 0 Å². The molecule has 4 aliphatic rings. The number of rotatable bonds is 5. The lowest BCUT2D eigenvalue weighted by Gasteiger charge is -2.33. The van der Waals surface area contributed by atoms with E-state index in [1.165, 1.54) is 0 Å². The topological polar surface area (TPSA) is 95.0 Å². The lowest BCUT2D eigenvalue weighted by Crippen LogP contribution is -2.57. The van der Waals surface area contributed by atoms with Gasteiger partial charge in [0.1, 0.15) is 0 Å². The van der Waals surface area contributed by atoms with Crippen LogP contribution in [0.15, 0.2) is 0 Å². The number of hydrogen-bond acceptors (Lipinski definition) is 5. The first-order chi connectivity index (χ1) is 8.94. The van der Waals surface area contributed by atoms with Crippen LogP contribution in [0, 0.1) is 0 Å². The molecule has 106 valence electrons. The molecule has 4 aliphatic heterocycles. The zero-order chi connectivity index (χ0) is 13.8. The second kappa shape index (κ2) is 4.27. The third-order valence-corrected chi connectivity index (χ3v) is 7.13. The lowest BCUT2D eigenvalue weighted by molar-refractivity contribution is -0.137. The summed E-state index contributed by atoms with van der Waals surface area (Å²) in [5.41, 5.74) is 0. The van der Waals surface area contributed by atoms with Gasteiger partial charge in [-0.25, -0.2) is 4.79 Å². The molecule has 4 heterocycles. The minimum absolute atomic E-state index is 0.102. The number of carboxylic acids is 1. The molecule has 19 heavy (non-hydrogen) atoms. The van der Waals surface area contributed by atoms with Crippen LogP contribution in [-0.4, -0.2) is 57.2 Å². The van der Waals surface area contributed by atoms with Gasteiger partial charge in [-0.15, -0.1) is 0 Å². The third-order valence-electron chi connectivity index (χ3n) is 3.83. The summed E-state index contributed by atoms with van der Waals surface area (Å²) in [6.07, 6.45) is 2.23. The van der Waals surface area contributed by atoms with E-state index in [4.69, 9.17) is 5.11 Å². The highest BCUT2D eigenvalue weighted by Gasteiger charge is 2.70. The summed E-state index contributed by atoms with van der Waals surface area (Å²) in [4.78, 5) is 22.0. The van der Waals surface area contributed by atoms with E-state index in [2.05, 4.69) is 0 Å². The zero-order valence-electron chi connectivity index (χ0n) is 10.1. The number of urea groups is 1. The minimum Gasteiger partial charge on any atom is -0.481 e. The molecular formula is C10H14N2O5S2. The standard InChI is InChI=1S/C10H14N2O5S2/c13-8(14)4-2-1-3-7-9-6(5-18-7)11-10(15)12(9)19(11,16)17/h6-7,9H,1-5H2,(H,13,14)/t6-,7-,9-/m1/s1. The second-order valence-corrected chi connectivity index (χ2v) is 7.91. The average molecular weight is 306 g/mol. The van der Waals surface area contributed by atoms with Gasteiger partial charge in [-0.3, -0.25) is 4.79 Å². The highest BCUT2D eigenvalue weighted by Crippen LogP contribution is 2.50. The SMILES string of the molecule is O=C(O)CCCC[C@H]1SC[C@@H]2[C@H]1N1C(=O)N2S1(=O)=O. The van der Waals surface area contributed by atoms with Crippen molar-refractivity contribution in [3.8, 4) is 0 Å². The first kappa shape index (κ1) is 13.0. The van der Waals surface area contributed by atoms with Gasteiger partial charge in [-0.2, -0.15) is 28.8 Å². The van der Waals surface area contributed by atoms with Crippen molar-refractivity contribution in [3.63, 3.8) is 0 Å². The molecule has 4 rings (SSSR count). The molecule has 9 heteroatoms. The summed E-state index contributed by atoms with van der Waals surface area (Å²) in [6.45, 7) is 0. The monoisotopic (exact) mass is 306 g/mol. The summed E-state index contributed by atoms with van der Waals surface area (Å²) in [5.74, 6) is -0.164. The van der Waals surface area contributed by atoms with Crippen LogP contribution in [0.25, 0.3) is 0 Å². The maximum Gasteiger partial charge on any atom is 0.350 e. The normalized spacial score (nSPS) is 34.3. The Hall–Kier alpha value is -0.960. The zero-order valence-corrected chi connectivity index (χ0v) is 11.7. The quantitative estimate of drug-likeness (QED) is 0.586. The Morgan fingerprint density at radius 1 is 1.37 bits per heavy atom. The molecule has 4 fully saturated rings. The molecule has 0 aliphatic carbocycles. The number of carboxylic acid groups (broad SMARTS) is 1. The van der Waals surface area contributed by atoms with Crippen LogP contribution in [0.4, 0.5) is 4.79 Å². The van der Waals surface area contributed by atoms with Gasteiger partial charge in [0.05, 0.1) is 12.1 Å². The lowest BCUT2D eigenvalue weighted by atomic mass is 10.0. The summed E-state index contributed by atoms with van der Waals surface area (Å²) in [6, 6.07) is -0.856. The van der Waals surface area contributed by atoms with E-state index in [0.717, 1.165) is 21.5 Å². The van der Waals surface area contributed by atoms with Gasteiger partial charge < -0.3 is 5.11 Å². The molecule has 2 amide bonds. The molecular weight excluding hydrogens is 292 g/mol. The van der Waals surface area contributed by atoms with Crippen LogP contribution in [0.1, 0.15) is 25.7 Å². The van der Waals surface area contributed by atoms with E-state index < -0.39 is 22.2 Å². The van der Waals surface area contributed by atoms with E-state index >= 15 is 0 Å². The van der Waals surface area contributed by atoms with E-state index in [0.29, 0.717) is 12.2 Å². The van der Waals surface area contributed by atoms with Crippen LogP contribution >= 0.6 is 11.8 Å². The summed E-state index contributed by atoms with van der Waals surface area (Å²) in [7, 11) is -3.50. The molecule has 0 radical (unpaired) electrons. The number of nitrogens with zero attached hydrogens (tertiary/aromatic N) is 2. The van der Waals surface area contributed by atoms with Crippen molar-refractivity contribution in [1.82, 2.24) is 8.61 Å². The van der Waals surface area contributed by atoms with E-state index in [1.807, 2.05) is 0 Å². The number of amides is 2. The van der Waals surface area contributed by atoms with E-state index in [-0.39, 0.29) is 23.8 Å². The smallest absolute Gasteiger partial charge is 0.350 e. The minimum atomic E-state index is -3.50. The van der Waals surface area contributed by atoms with Crippen molar-refractivity contribution >= 4 is 34.0 Å². The first-order valence-corrected chi connectivity index (χ1v) is 8.60. The molecule has 0 aromatic carbocycles. The van der Waals surface area contributed by atoms with E-state index in [9.17, 15) is 18.0 Å². The van der Waals surface area contributed by atoms with Gasteiger partial charge in [0.2, 0.25) is 0 Å². The Morgan fingerprint density at radius 3 is 2.74 bits per heavy atom. The molecule has 0 unspecified atom stereocenters. The predicted octanol–water partition coefficient (Wildman–Crippen LogP) is 0.480. The highest BCUT2D eigenvalue weighted by atomic mass is 32.2. The maximum absolute atomic E-state index is 11.7. The highest BCUT2D eigenvalue weighted by molar-refractivity contribution is 8.00. The molecule has 0 spiro atoms. The first-order valence-electron chi connectivity index (χ1n) is 6.16. The fourth-order valence-electron chi connectivity index (χ4n) is 3.01. The Balaban J connectivity index is 1.61. The van der Waals surface area contributed by atoms with Crippen LogP contribution in [0.3, 0.4) is 0 Å². The predicted molar refractivity (Wildman–Crippen MR) is 67.9 cm³/mol. The van der Waals surface area contributed by atoms with Gasteiger partial charge in [-0.05, 0) is 12.8 Å². The van der Waals surface area contributed by atoms with Crippen LogP contribution in [-0.2, 0) is 15.0 Å². The van der Waals surface area contributed by atoms with Crippen molar-refractivity contribution < 1.29 is 23.1 Å². The van der Waals surface area contributed by atoms with Crippen LogP contribution < -0.4 is 0 Å². The van der Waals surface area contributed by atoms with Gasteiger partial charge in [0, 0.05) is 17.4 Å². The van der Waals surface area contributed by atoms with Gasteiger partial charge >= 0.3 is 22.2 Å². The van der Waals surface area contributed by atoms with Crippen LogP contribution in [0.5, 0.6) is 0 Å². The Morgan fingerprint density at radius 2 is 2.11 bits per heavy atom. The van der Waals surface area contributed by atoms with Gasteiger partial charge in [0.25, 0.3) is 0 Å². The van der Waals surface area contributed by atoms with Gasteiger partial charge in [-0.1, -0.05) is 6.42 Å². The number of hydrogen-bond donors (Lipinski definition) is 1. The Kier molecular flexibility index (Phi) is 2.93. The van der Waals surface area contributed by atoms with Crippen molar-refractivity contribution in [2.75, 3.05) is 5.75 Å². The van der Waals surface area contributed by atoms with Crippen molar-refractivity contribution in [2.24, 2.45) is 0 Å². The molecule has 7 nitrogen and oxygen atoms in total. The molecule has 3 atom stereocenters. The summed E-state index contributed by atoms with van der Waals surface area (Å²) >= 11 is 1.68. The largest absolute Gasteiger partial charge is 0.481 e.